The zero-order chi connectivity index (χ0) is 33.3. The molecule has 8 aromatic rings. The van der Waals surface area contributed by atoms with E-state index in [0.717, 1.165) is 23.5 Å². The molecule has 0 radical (unpaired) electrons. The summed E-state index contributed by atoms with van der Waals surface area (Å²) in [5.74, 6) is 0.566. The first-order valence-electron chi connectivity index (χ1n) is 17.3. The van der Waals surface area contributed by atoms with Gasteiger partial charge in [0.1, 0.15) is 0 Å². The highest BCUT2D eigenvalue weighted by Crippen LogP contribution is 2.39. The normalized spacial score (nSPS) is 12.0. The predicted octanol–water partition coefficient (Wildman–Crippen LogP) is 13.4. The maximum Gasteiger partial charge on any atom is 0.0541 e. The molecule has 0 spiro atoms. The van der Waals surface area contributed by atoms with Crippen LogP contribution < -0.4 is 4.90 Å². The minimum atomic E-state index is 0.566. The molecule has 0 saturated heterocycles. The maximum atomic E-state index is 2.41. The van der Waals surface area contributed by atoms with Crippen LogP contribution >= 0.6 is 0 Å². The Hall–Kier alpha value is -5.86. The molecule has 2 heteroatoms. The number of nitrogens with zero attached hydrogens (tertiary/aromatic N) is 2. The SMILES string of the molecule is CCC(C)c1ccc(-c2ccc3c(c2)c2cc(-c4ccc(N(c5ccccc5)c5ccccc5)cc4)ccc2n3-c2ccc(C)cc2)cc1. The van der Waals surface area contributed by atoms with E-state index in [2.05, 4.69) is 200 Å². The molecule has 1 unspecified atom stereocenters. The van der Waals surface area contributed by atoms with Crippen LogP contribution in [0.2, 0.25) is 0 Å². The summed E-state index contributed by atoms with van der Waals surface area (Å²) < 4.78 is 2.41. The molecule has 0 aliphatic rings. The Morgan fingerprint density at radius 2 is 0.939 bits per heavy atom. The van der Waals surface area contributed by atoms with Crippen molar-refractivity contribution in [2.75, 3.05) is 4.90 Å². The van der Waals surface area contributed by atoms with Gasteiger partial charge in [-0.25, -0.2) is 0 Å². The summed E-state index contributed by atoms with van der Waals surface area (Å²) in [6.07, 6.45) is 1.15. The molecule has 2 nitrogen and oxygen atoms in total. The predicted molar refractivity (Wildman–Crippen MR) is 210 cm³/mol. The summed E-state index contributed by atoms with van der Waals surface area (Å²) in [5.41, 5.74) is 14.5. The second-order valence-electron chi connectivity index (χ2n) is 13.1. The van der Waals surface area contributed by atoms with Crippen molar-refractivity contribution in [1.82, 2.24) is 4.57 Å². The van der Waals surface area contributed by atoms with Crippen molar-refractivity contribution in [2.45, 2.75) is 33.1 Å². The van der Waals surface area contributed by atoms with Crippen LogP contribution in [0.3, 0.4) is 0 Å². The highest BCUT2D eigenvalue weighted by atomic mass is 15.1. The molecule has 49 heavy (non-hydrogen) atoms. The van der Waals surface area contributed by atoms with E-state index in [4.69, 9.17) is 0 Å². The van der Waals surface area contributed by atoms with Crippen molar-refractivity contribution < 1.29 is 0 Å². The van der Waals surface area contributed by atoms with Gasteiger partial charge in [-0.3, -0.25) is 0 Å². The number of benzene rings is 7. The summed E-state index contributed by atoms with van der Waals surface area (Å²) in [6, 6.07) is 62.0. The zero-order valence-electron chi connectivity index (χ0n) is 28.3. The monoisotopic (exact) mass is 632 g/mol. The lowest BCUT2D eigenvalue weighted by molar-refractivity contribution is 0.734. The molecule has 238 valence electrons. The van der Waals surface area contributed by atoms with E-state index in [1.165, 1.54) is 60.9 Å². The number of aryl methyl sites for hydroxylation is 1. The molecular weight excluding hydrogens is 593 g/mol. The largest absolute Gasteiger partial charge is 0.311 e. The van der Waals surface area contributed by atoms with Gasteiger partial charge < -0.3 is 9.47 Å². The first-order valence-corrected chi connectivity index (χ1v) is 17.3. The zero-order valence-corrected chi connectivity index (χ0v) is 28.3. The fourth-order valence-corrected chi connectivity index (χ4v) is 7.00. The molecule has 1 heterocycles. The van der Waals surface area contributed by atoms with E-state index >= 15 is 0 Å². The molecule has 8 rings (SSSR count). The van der Waals surface area contributed by atoms with E-state index in [0.29, 0.717) is 5.92 Å². The molecule has 1 atom stereocenters. The molecule has 1 aromatic heterocycles. The van der Waals surface area contributed by atoms with Crippen LogP contribution in [-0.2, 0) is 0 Å². The topological polar surface area (TPSA) is 8.17 Å². The van der Waals surface area contributed by atoms with E-state index in [9.17, 15) is 0 Å². The van der Waals surface area contributed by atoms with Gasteiger partial charge in [0.25, 0.3) is 0 Å². The van der Waals surface area contributed by atoms with Crippen LogP contribution in [0.5, 0.6) is 0 Å². The Labute approximate surface area is 289 Å². The van der Waals surface area contributed by atoms with Crippen LogP contribution in [0.4, 0.5) is 17.1 Å². The lowest BCUT2D eigenvalue weighted by atomic mass is 9.95. The van der Waals surface area contributed by atoms with Gasteiger partial charge in [0.05, 0.1) is 11.0 Å². The Balaban J connectivity index is 1.24. The van der Waals surface area contributed by atoms with Crippen LogP contribution in [0.1, 0.15) is 37.3 Å². The Morgan fingerprint density at radius 3 is 1.43 bits per heavy atom. The average Bonchev–Trinajstić information content (AvgIpc) is 3.49. The van der Waals surface area contributed by atoms with Gasteiger partial charge in [-0.15, -0.1) is 0 Å². The number of para-hydroxylation sites is 2. The lowest BCUT2D eigenvalue weighted by Crippen LogP contribution is -2.09. The third-order valence-corrected chi connectivity index (χ3v) is 9.97. The second-order valence-corrected chi connectivity index (χ2v) is 13.1. The number of anilines is 3. The maximum absolute atomic E-state index is 2.41. The minimum Gasteiger partial charge on any atom is -0.311 e. The van der Waals surface area contributed by atoms with Crippen molar-refractivity contribution in [3.63, 3.8) is 0 Å². The fraction of sp³-hybridized carbons (Fsp3) is 0.106. The van der Waals surface area contributed by atoms with Crippen molar-refractivity contribution in [3.8, 4) is 27.9 Å². The highest BCUT2D eigenvalue weighted by Gasteiger charge is 2.16. The van der Waals surface area contributed by atoms with Crippen molar-refractivity contribution in [3.05, 3.63) is 181 Å². The van der Waals surface area contributed by atoms with Gasteiger partial charge in [-0.2, -0.15) is 0 Å². The minimum absolute atomic E-state index is 0.566. The number of rotatable bonds is 8. The van der Waals surface area contributed by atoms with Crippen molar-refractivity contribution in [1.29, 1.82) is 0 Å². The lowest BCUT2D eigenvalue weighted by Gasteiger charge is -2.25. The van der Waals surface area contributed by atoms with Crippen LogP contribution in [-0.4, -0.2) is 4.57 Å². The number of aromatic nitrogens is 1. The molecular formula is C47H40N2. The van der Waals surface area contributed by atoms with Gasteiger partial charge in [0.2, 0.25) is 0 Å². The van der Waals surface area contributed by atoms with E-state index in [-0.39, 0.29) is 0 Å². The Kier molecular flexibility index (Phi) is 8.07. The molecule has 0 N–H and O–H groups in total. The molecule has 0 amide bonds. The molecule has 0 aliphatic heterocycles. The van der Waals surface area contributed by atoms with E-state index in [1.807, 2.05) is 0 Å². The van der Waals surface area contributed by atoms with Crippen LogP contribution in [0, 0.1) is 6.92 Å². The van der Waals surface area contributed by atoms with Gasteiger partial charge in [0, 0.05) is 33.5 Å². The third kappa shape index (κ3) is 5.81. The van der Waals surface area contributed by atoms with Crippen molar-refractivity contribution >= 4 is 38.9 Å². The van der Waals surface area contributed by atoms with Crippen molar-refractivity contribution in [2.24, 2.45) is 0 Å². The number of hydrogen-bond donors (Lipinski definition) is 0. The summed E-state index contributed by atoms with van der Waals surface area (Å²) in [5, 5.41) is 2.52. The fourth-order valence-electron chi connectivity index (χ4n) is 7.00. The smallest absolute Gasteiger partial charge is 0.0541 e. The number of hydrogen-bond acceptors (Lipinski definition) is 1. The number of fused-ring (bicyclic) bond motifs is 3. The molecule has 0 fully saturated rings. The second kappa shape index (κ2) is 13.0. The summed E-state index contributed by atoms with van der Waals surface area (Å²) in [6.45, 7) is 6.70. The molecule has 0 bridgehead atoms. The van der Waals surface area contributed by atoms with Gasteiger partial charge in [-0.1, -0.05) is 116 Å². The molecule has 0 saturated carbocycles. The Morgan fingerprint density at radius 1 is 0.490 bits per heavy atom. The Bertz CT molecular complexity index is 2310. The first-order chi connectivity index (χ1) is 24.1. The summed E-state index contributed by atoms with van der Waals surface area (Å²) in [4.78, 5) is 2.30. The first kappa shape index (κ1) is 30.5. The van der Waals surface area contributed by atoms with E-state index in [1.54, 1.807) is 0 Å². The molecule has 7 aromatic carbocycles. The summed E-state index contributed by atoms with van der Waals surface area (Å²) >= 11 is 0. The quantitative estimate of drug-likeness (QED) is 0.162. The standard InChI is InChI=1S/C47H40N2/c1-4-34(3)35-17-19-36(20-18-35)38-23-29-46-44(31-38)45-32-39(24-30-47(45)49(46)43-25-15-33(2)16-26-43)37-21-27-42(28-22-37)48(40-11-7-5-8-12-40)41-13-9-6-10-14-41/h5-32,34H,4H2,1-3H3. The third-order valence-electron chi connectivity index (χ3n) is 9.97. The average molecular weight is 633 g/mol. The van der Waals surface area contributed by atoms with E-state index < -0.39 is 0 Å². The van der Waals surface area contributed by atoms with Gasteiger partial charge >= 0.3 is 0 Å². The summed E-state index contributed by atoms with van der Waals surface area (Å²) in [7, 11) is 0. The molecule has 0 aliphatic carbocycles. The van der Waals surface area contributed by atoms with Crippen LogP contribution in [0.25, 0.3) is 49.7 Å². The van der Waals surface area contributed by atoms with Crippen LogP contribution in [0.15, 0.2) is 170 Å². The van der Waals surface area contributed by atoms with Gasteiger partial charge in [-0.05, 0) is 120 Å². The highest BCUT2D eigenvalue weighted by molar-refractivity contribution is 6.11. The van der Waals surface area contributed by atoms with Gasteiger partial charge in [0.15, 0.2) is 0 Å².